The first-order valence-electron chi connectivity index (χ1n) is 6.75. The first-order chi connectivity index (χ1) is 11.5. The SMILES string of the molecule is ClC(Cl)=C[n+]1sc(Nc2ccc(Cl)cc2)nc1-c1ccc(Cl)cc1. The summed E-state index contributed by atoms with van der Waals surface area (Å²) < 4.78 is 1.92. The maximum Gasteiger partial charge on any atom is 0.350 e. The van der Waals surface area contributed by atoms with Crippen LogP contribution in [0, 0.1) is 0 Å². The van der Waals surface area contributed by atoms with Gasteiger partial charge in [-0.25, -0.2) is 0 Å². The van der Waals surface area contributed by atoms with E-state index in [1.807, 2.05) is 24.3 Å². The van der Waals surface area contributed by atoms with Gasteiger partial charge in [0.05, 0.1) is 5.56 Å². The molecule has 2 aromatic carbocycles. The number of benzene rings is 2. The molecule has 3 aromatic rings. The van der Waals surface area contributed by atoms with E-state index in [-0.39, 0.29) is 4.49 Å². The second-order valence-electron chi connectivity index (χ2n) is 4.72. The van der Waals surface area contributed by atoms with Crippen molar-refractivity contribution in [1.82, 2.24) is 4.98 Å². The number of hydrogen-bond donors (Lipinski definition) is 1. The van der Waals surface area contributed by atoms with Gasteiger partial charge in [0.15, 0.2) is 0 Å². The molecule has 0 unspecified atom stereocenters. The molecule has 3 nitrogen and oxygen atoms in total. The number of rotatable bonds is 4. The maximum absolute atomic E-state index is 5.95. The molecule has 8 heteroatoms. The molecule has 0 atom stereocenters. The fourth-order valence-electron chi connectivity index (χ4n) is 1.98. The van der Waals surface area contributed by atoms with Gasteiger partial charge in [-0.3, -0.25) is 0 Å². The van der Waals surface area contributed by atoms with E-state index in [1.54, 1.807) is 34.4 Å². The molecule has 1 N–H and O–H groups in total. The quantitative estimate of drug-likeness (QED) is 0.498. The summed E-state index contributed by atoms with van der Waals surface area (Å²) in [4.78, 5) is 4.61. The Morgan fingerprint density at radius 1 is 0.958 bits per heavy atom. The lowest BCUT2D eigenvalue weighted by Gasteiger charge is -1.97. The Kier molecular flexibility index (Phi) is 5.64. The average molecular weight is 418 g/mol. The molecular formula is C16H10Cl4N3S+. The van der Waals surface area contributed by atoms with Crippen molar-refractivity contribution in [2.24, 2.45) is 0 Å². The van der Waals surface area contributed by atoms with Crippen molar-refractivity contribution in [3.05, 3.63) is 63.1 Å². The van der Waals surface area contributed by atoms with E-state index >= 15 is 0 Å². The third-order valence-corrected chi connectivity index (χ3v) is 4.55. The fourth-order valence-corrected chi connectivity index (χ4v) is 3.41. The number of nitrogens with one attached hydrogen (secondary N) is 1. The minimum absolute atomic E-state index is 0.136. The highest BCUT2D eigenvalue weighted by Gasteiger charge is 2.22. The summed E-state index contributed by atoms with van der Waals surface area (Å²) in [6.45, 7) is 0. The molecule has 1 heterocycles. The number of halogens is 4. The zero-order chi connectivity index (χ0) is 17.1. The molecule has 0 amide bonds. The van der Waals surface area contributed by atoms with Gasteiger partial charge < -0.3 is 5.32 Å². The summed E-state index contributed by atoms with van der Waals surface area (Å²) in [5.74, 6) is 0.701. The van der Waals surface area contributed by atoms with Gasteiger partial charge in [-0.1, -0.05) is 46.4 Å². The van der Waals surface area contributed by atoms with Gasteiger partial charge in [0.2, 0.25) is 0 Å². The van der Waals surface area contributed by atoms with Crippen LogP contribution in [0.2, 0.25) is 10.0 Å². The molecule has 0 spiro atoms. The molecular weight excluding hydrogens is 408 g/mol. The Morgan fingerprint density at radius 3 is 2.12 bits per heavy atom. The molecule has 122 valence electrons. The van der Waals surface area contributed by atoms with Crippen LogP contribution in [0.1, 0.15) is 0 Å². The Bertz CT molecular complexity index is 869. The molecule has 0 saturated heterocycles. The summed E-state index contributed by atoms with van der Waals surface area (Å²) in [7, 11) is 0. The molecule has 0 aliphatic heterocycles. The van der Waals surface area contributed by atoms with Gasteiger partial charge in [-0.05, 0) is 53.5 Å². The van der Waals surface area contributed by atoms with Crippen LogP contribution in [-0.2, 0) is 0 Å². The summed E-state index contributed by atoms with van der Waals surface area (Å²) in [6, 6.07) is 14.7. The van der Waals surface area contributed by atoms with Gasteiger partial charge in [-0.15, -0.1) is 3.96 Å². The van der Waals surface area contributed by atoms with Crippen LogP contribution in [0.5, 0.6) is 0 Å². The minimum atomic E-state index is 0.136. The number of anilines is 2. The number of nitrogens with zero attached hydrogens (tertiary/aromatic N) is 2. The maximum atomic E-state index is 5.95. The molecule has 24 heavy (non-hydrogen) atoms. The zero-order valence-electron chi connectivity index (χ0n) is 12.0. The summed E-state index contributed by atoms with van der Waals surface area (Å²) in [6.07, 6.45) is 1.59. The highest BCUT2D eigenvalue weighted by Crippen LogP contribution is 2.25. The van der Waals surface area contributed by atoms with Gasteiger partial charge in [0, 0.05) is 15.7 Å². The van der Waals surface area contributed by atoms with Gasteiger partial charge in [0.25, 0.3) is 0 Å². The molecule has 0 bridgehead atoms. The van der Waals surface area contributed by atoms with E-state index in [1.165, 1.54) is 11.5 Å². The van der Waals surface area contributed by atoms with Crippen LogP contribution in [0.15, 0.2) is 53.0 Å². The topological polar surface area (TPSA) is 28.8 Å². The Morgan fingerprint density at radius 2 is 1.54 bits per heavy atom. The molecule has 0 aliphatic rings. The van der Waals surface area contributed by atoms with Crippen LogP contribution >= 0.6 is 57.9 Å². The third-order valence-electron chi connectivity index (χ3n) is 3.01. The average Bonchev–Trinajstić information content (AvgIpc) is 2.92. The second kappa shape index (κ2) is 7.72. The summed E-state index contributed by atoms with van der Waals surface area (Å²) in [5.41, 5.74) is 1.77. The largest absolute Gasteiger partial charge is 0.350 e. The monoisotopic (exact) mass is 416 g/mol. The lowest BCUT2D eigenvalue weighted by atomic mass is 10.2. The van der Waals surface area contributed by atoms with Gasteiger partial charge >= 0.3 is 11.0 Å². The molecule has 1 aromatic heterocycles. The summed E-state index contributed by atoms with van der Waals surface area (Å²) >= 11 is 24.8. The Balaban J connectivity index is 1.98. The van der Waals surface area contributed by atoms with Crippen LogP contribution < -0.4 is 9.27 Å². The Labute approximate surface area is 163 Å². The number of aromatic nitrogens is 2. The predicted octanol–water partition coefficient (Wildman–Crippen LogP) is 6.38. The smallest absolute Gasteiger partial charge is 0.308 e. The number of hydrogen-bond acceptors (Lipinski definition) is 3. The van der Waals surface area contributed by atoms with Crippen molar-refractivity contribution in [3.8, 4) is 11.4 Å². The predicted molar refractivity (Wildman–Crippen MR) is 103 cm³/mol. The standard InChI is InChI=1S/C16H9Cl4N3S/c17-11-3-1-10(2-4-11)15-22-16(24-23(15)9-14(19)20)21-13-7-5-12(18)6-8-13/h1-9H/p+1. The van der Waals surface area contributed by atoms with E-state index in [9.17, 15) is 0 Å². The highest BCUT2D eigenvalue weighted by atomic mass is 35.5. The molecule has 3 rings (SSSR count). The first kappa shape index (κ1) is 17.5. The highest BCUT2D eigenvalue weighted by molar-refractivity contribution is 7.06. The lowest BCUT2D eigenvalue weighted by molar-refractivity contribution is -0.480. The van der Waals surface area contributed by atoms with Crippen molar-refractivity contribution in [1.29, 1.82) is 0 Å². The van der Waals surface area contributed by atoms with E-state index in [0.717, 1.165) is 11.3 Å². The molecule has 0 saturated carbocycles. The van der Waals surface area contributed by atoms with Crippen molar-refractivity contribution in [3.63, 3.8) is 0 Å². The van der Waals surface area contributed by atoms with Crippen molar-refractivity contribution in [2.75, 3.05) is 5.32 Å². The van der Waals surface area contributed by atoms with Crippen molar-refractivity contribution >= 4 is 75.0 Å². The van der Waals surface area contributed by atoms with Crippen LogP contribution in [-0.4, -0.2) is 4.98 Å². The van der Waals surface area contributed by atoms with E-state index in [4.69, 9.17) is 46.4 Å². The van der Waals surface area contributed by atoms with Crippen LogP contribution in [0.3, 0.4) is 0 Å². The molecule has 0 radical (unpaired) electrons. The van der Waals surface area contributed by atoms with Crippen molar-refractivity contribution < 1.29 is 3.96 Å². The zero-order valence-corrected chi connectivity index (χ0v) is 15.9. The van der Waals surface area contributed by atoms with Gasteiger partial charge in [0.1, 0.15) is 22.2 Å². The Hall–Kier alpha value is -1.30. The van der Waals surface area contributed by atoms with E-state index in [0.29, 0.717) is 21.0 Å². The lowest BCUT2D eigenvalue weighted by Crippen LogP contribution is -2.23. The van der Waals surface area contributed by atoms with Crippen LogP contribution in [0.25, 0.3) is 17.6 Å². The van der Waals surface area contributed by atoms with Crippen LogP contribution in [0.4, 0.5) is 10.8 Å². The van der Waals surface area contributed by atoms with Gasteiger partial charge in [-0.2, -0.15) is 0 Å². The minimum Gasteiger partial charge on any atom is -0.308 e. The molecule has 0 fully saturated rings. The normalized spacial score (nSPS) is 10.5. The third kappa shape index (κ3) is 4.41. The fraction of sp³-hybridized carbons (Fsp3) is 0. The van der Waals surface area contributed by atoms with Crippen molar-refractivity contribution in [2.45, 2.75) is 0 Å². The van der Waals surface area contributed by atoms with E-state index < -0.39 is 0 Å². The summed E-state index contributed by atoms with van der Waals surface area (Å²) in [5, 5.41) is 5.25. The second-order valence-corrected chi connectivity index (χ2v) is 7.56. The van der Waals surface area contributed by atoms with E-state index in [2.05, 4.69) is 10.3 Å². The molecule has 0 aliphatic carbocycles. The first-order valence-corrected chi connectivity index (χ1v) is 9.04.